The van der Waals surface area contributed by atoms with E-state index in [1.807, 2.05) is 0 Å². The van der Waals surface area contributed by atoms with Crippen LogP contribution in [0.3, 0.4) is 0 Å². The lowest BCUT2D eigenvalue weighted by molar-refractivity contribution is -0.112. The molecule has 0 aromatic carbocycles. The van der Waals surface area contributed by atoms with Crippen LogP contribution < -0.4 is 0 Å². The van der Waals surface area contributed by atoms with Gasteiger partial charge in [0.1, 0.15) is 15.2 Å². The fraction of sp³-hybridized carbons (Fsp3) is 0.500. The maximum Gasteiger partial charge on any atom is 0.200 e. The molecule has 2 rings (SSSR count). The molecule has 1 aromatic heterocycles. The minimum atomic E-state index is -3.56. The van der Waals surface area contributed by atoms with Crippen molar-refractivity contribution in [1.29, 1.82) is 0 Å². The number of thiophene rings is 1. The third kappa shape index (κ3) is 1.70. The van der Waals surface area contributed by atoms with Gasteiger partial charge in [0.25, 0.3) is 0 Å². The van der Waals surface area contributed by atoms with Gasteiger partial charge in [0.05, 0.1) is 0 Å². The number of sulfone groups is 1. The molecule has 0 atom stereocenters. The molecule has 88 valence electrons. The van der Waals surface area contributed by atoms with Gasteiger partial charge in [0, 0.05) is 13.2 Å². The Kier molecular flexibility index (Phi) is 3.14. The Morgan fingerprint density at radius 3 is 2.56 bits per heavy atom. The highest BCUT2D eigenvalue weighted by molar-refractivity contribution is 7.95. The number of aldehydes is 1. The number of hydrogen-bond acceptors (Lipinski definition) is 5. The second-order valence-corrected chi connectivity index (χ2v) is 7.20. The average molecular weight is 260 g/mol. The molecule has 2 heterocycles. The molecule has 1 fully saturated rings. The number of carbonyl (C=O) groups is 1. The quantitative estimate of drug-likeness (QED) is 0.768. The van der Waals surface area contributed by atoms with Crippen molar-refractivity contribution in [3.8, 4) is 0 Å². The van der Waals surface area contributed by atoms with Crippen molar-refractivity contribution < 1.29 is 17.9 Å². The first kappa shape index (κ1) is 11.8. The van der Waals surface area contributed by atoms with Crippen molar-refractivity contribution in [2.75, 3.05) is 13.2 Å². The Bertz CT molecular complexity index is 455. The van der Waals surface area contributed by atoms with E-state index in [4.69, 9.17) is 4.74 Å². The van der Waals surface area contributed by atoms with Crippen LogP contribution in [0, 0.1) is 0 Å². The van der Waals surface area contributed by atoms with Gasteiger partial charge < -0.3 is 9.53 Å². The van der Waals surface area contributed by atoms with Crippen LogP contribution in [0.5, 0.6) is 0 Å². The van der Waals surface area contributed by atoms with Gasteiger partial charge in [-0.2, -0.15) is 0 Å². The molecule has 0 unspecified atom stereocenters. The zero-order valence-electron chi connectivity index (χ0n) is 8.59. The fourth-order valence-corrected chi connectivity index (χ4v) is 4.89. The van der Waals surface area contributed by atoms with Gasteiger partial charge in [-0.25, -0.2) is 8.42 Å². The summed E-state index contributed by atoms with van der Waals surface area (Å²) in [6.45, 7) is 0.646. The molecule has 0 radical (unpaired) electrons. The highest BCUT2D eigenvalue weighted by atomic mass is 32.2. The predicted molar refractivity (Wildman–Crippen MR) is 60.4 cm³/mol. The van der Waals surface area contributed by atoms with Gasteiger partial charge in [-0.1, -0.05) is 6.07 Å². The molecular formula is C10H12O4S2. The Morgan fingerprint density at radius 2 is 2.06 bits per heavy atom. The minimum absolute atomic E-state index is 0.247. The third-order valence-electron chi connectivity index (χ3n) is 2.85. The zero-order chi connectivity index (χ0) is 11.6. The van der Waals surface area contributed by atoms with Crippen LogP contribution in [-0.2, 0) is 19.4 Å². The van der Waals surface area contributed by atoms with Crippen LogP contribution in [0.25, 0.3) is 0 Å². The van der Waals surface area contributed by atoms with E-state index in [9.17, 15) is 13.2 Å². The van der Waals surface area contributed by atoms with E-state index >= 15 is 0 Å². The summed E-state index contributed by atoms with van der Waals surface area (Å²) in [5.41, 5.74) is 0. The van der Waals surface area contributed by atoms with Gasteiger partial charge in [-0.05, 0) is 24.3 Å². The number of hydrogen-bond donors (Lipinski definition) is 0. The predicted octanol–water partition coefficient (Wildman–Crippen LogP) is 1.27. The monoisotopic (exact) mass is 260 g/mol. The largest absolute Gasteiger partial charge is 0.381 e. The first-order valence-electron chi connectivity index (χ1n) is 4.95. The normalized spacial score (nSPS) is 20.5. The molecule has 0 saturated carbocycles. The highest BCUT2D eigenvalue weighted by Gasteiger charge is 2.46. The van der Waals surface area contributed by atoms with Gasteiger partial charge >= 0.3 is 0 Å². The number of rotatable bonds is 3. The molecular weight excluding hydrogens is 248 g/mol. The van der Waals surface area contributed by atoms with Crippen LogP contribution in [0.1, 0.15) is 12.8 Å². The lowest BCUT2D eigenvalue weighted by atomic mass is 10.0. The summed E-state index contributed by atoms with van der Waals surface area (Å²) in [6, 6.07) is 3.22. The standard InChI is InChI=1S/C10H12O4S2/c11-8-10(3-5-14-6-4-10)16(12,13)9-2-1-7-15-9/h1-2,7-8H,3-6H2. The van der Waals surface area contributed by atoms with Crippen LogP contribution in [0.15, 0.2) is 21.7 Å². The molecule has 1 aliphatic rings. The molecule has 0 N–H and O–H groups in total. The van der Waals surface area contributed by atoms with Crippen molar-refractivity contribution in [1.82, 2.24) is 0 Å². The zero-order valence-corrected chi connectivity index (χ0v) is 10.2. The first-order valence-corrected chi connectivity index (χ1v) is 7.31. The minimum Gasteiger partial charge on any atom is -0.381 e. The maximum atomic E-state index is 12.3. The van der Waals surface area contributed by atoms with Gasteiger partial charge in [-0.3, -0.25) is 0 Å². The van der Waals surface area contributed by atoms with E-state index in [0.717, 1.165) is 11.3 Å². The van der Waals surface area contributed by atoms with Crippen molar-refractivity contribution in [3.63, 3.8) is 0 Å². The van der Waals surface area contributed by atoms with E-state index in [0.29, 0.717) is 19.5 Å². The highest BCUT2D eigenvalue weighted by Crippen LogP contribution is 2.34. The molecule has 6 heteroatoms. The van der Waals surface area contributed by atoms with Gasteiger partial charge in [-0.15, -0.1) is 11.3 Å². The van der Waals surface area contributed by atoms with Crippen LogP contribution in [-0.4, -0.2) is 32.7 Å². The first-order chi connectivity index (χ1) is 7.62. The van der Waals surface area contributed by atoms with E-state index in [1.54, 1.807) is 17.5 Å². The average Bonchev–Trinajstić information content (AvgIpc) is 2.84. The van der Waals surface area contributed by atoms with E-state index < -0.39 is 14.6 Å². The Hall–Kier alpha value is -0.720. The molecule has 16 heavy (non-hydrogen) atoms. The van der Waals surface area contributed by atoms with E-state index in [-0.39, 0.29) is 17.1 Å². The molecule has 0 bridgehead atoms. The third-order valence-corrected chi connectivity index (χ3v) is 6.70. The summed E-state index contributed by atoms with van der Waals surface area (Å²) in [7, 11) is -3.56. The lowest BCUT2D eigenvalue weighted by Gasteiger charge is -2.30. The Morgan fingerprint density at radius 1 is 1.38 bits per heavy atom. The number of carbonyl (C=O) groups excluding carboxylic acids is 1. The maximum absolute atomic E-state index is 12.3. The Balaban J connectivity index is 2.45. The summed E-state index contributed by atoms with van der Waals surface area (Å²) >= 11 is 1.15. The molecule has 4 nitrogen and oxygen atoms in total. The lowest BCUT2D eigenvalue weighted by Crippen LogP contribution is -2.45. The van der Waals surface area contributed by atoms with E-state index in [2.05, 4.69) is 0 Å². The summed E-state index contributed by atoms with van der Waals surface area (Å²) in [6.07, 6.45) is 1.07. The molecule has 1 aromatic rings. The summed E-state index contributed by atoms with van der Waals surface area (Å²) in [4.78, 5) is 11.2. The molecule has 1 saturated heterocycles. The molecule has 0 spiro atoms. The van der Waals surface area contributed by atoms with Crippen molar-refractivity contribution in [3.05, 3.63) is 17.5 Å². The van der Waals surface area contributed by atoms with Crippen LogP contribution in [0.2, 0.25) is 0 Å². The molecule has 0 amide bonds. The van der Waals surface area contributed by atoms with Crippen LogP contribution >= 0.6 is 11.3 Å². The number of ether oxygens (including phenoxy) is 1. The topological polar surface area (TPSA) is 60.4 Å². The smallest absolute Gasteiger partial charge is 0.200 e. The van der Waals surface area contributed by atoms with Crippen molar-refractivity contribution in [2.24, 2.45) is 0 Å². The molecule has 1 aliphatic heterocycles. The van der Waals surface area contributed by atoms with Crippen LogP contribution in [0.4, 0.5) is 0 Å². The van der Waals surface area contributed by atoms with Gasteiger partial charge in [0.2, 0.25) is 0 Å². The molecule has 0 aliphatic carbocycles. The fourth-order valence-electron chi connectivity index (χ4n) is 1.78. The van der Waals surface area contributed by atoms with Crippen molar-refractivity contribution in [2.45, 2.75) is 21.8 Å². The Labute approximate surface area is 98.2 Å². The summed E-state index contributed by atoms with van der Waals surface area (Å²) < 4.78 is 28.8. The second-order valence-electron chi connectivity index (χ2n) is 3.73. The van der Waals surface area contributed by atoms with E-state index in [1.165, 1.54) is 0 Å². The SMILES string of the molecule is O=CC1(S(=O)(=O)c2cccs2)CCOCC1. The van der Waals surface area contributed by atoms with Gasteiger partial charge in [0.15, 0.2) is 9.84 Å². The summed E-state index contributed by atoms with van der Waals surface area (Å²) in [5, 5.41) is 1.70. The van der Waals surface area contributed by atoms with Crippen molar-refractivity contribution >= 4 is 27.5 Å². The second kappa shape index (κ2) is 4.27. The summed E-state index contributed by atoms with van der Waals surface area (Å²) in [5.74, 6) is 0.